The van der Waals surface area contributed by atoms with Gasteiger partial charge in [0.05, 0.1) is 10.6 Å². The number of halogens is 1. The number of hydrogen-bond acceptors (Lipinski definition) is 2. The molecule has 2 aromatic carbocycles. The Morgan fingerprint density at radius 1 is 1.05 bits per heavy atom. The molecule has 0 aliphatic heterocycles. The average Bonchev–Trinajstić information content (AvgIpc) is 2.46. The number of rotatable bonds is 4. The van der Waals surface area contributed by atoms with Crippen LogP contribution in [-0.2, 0) is 10.0 Å². The van der Waals surface area contributed by atoms with E-state index < -0.39 is 10.0 Å². The molecule has 0 atom stereocenters. The fraction of sp³-hybridized carbons (Fsp3) is 0.0667. The topological polar surface area (TPSA) is 46.2 Å². The molecular formula is C15H14ClNO2S. The maximum atomic E-state index is 12.3. The van der Waals surface area contributed by atoms with E-state index >= 15 is 0 Å². The molecule has 0 aliphatic carbocycles. The van der Waals surface area contributed by atoms with Gasteiger partial charge in [-0.05, 0) is 36.8 Å². The minimum atomic E-state index is -3.61. The van der Waals surface area contributed by atoms with Crippen LogP contribution in [0.4, 0.5) is 0 Å². The van der Waals surface area contributed by atoms with E-state index in [0.29, 0.717) is 10.7 Å². The Kier molecular flexibility index (Phi) is 4.47. The molecule has 20 heavy (non-hydrogen) atoms. The second-order valence-corrected chi connectivity index (χ2v) is 6.25. The Labute approximate surface area is 124 Å². The van der Waals surface area contributed by atoms with Gasteiger partial charge in [0.15, 0.2) is 0 Å². The van der Waals surface area contributed by atoms with Crippen molar-refractivity contribution in [3.63, 3.8) is 0 Å². The van der Waals surface area contributed by atoms with Crippen molar-refractivity contribution in [1.29, 1.82) is 0 Å². The molecule has 0 spiro atoms. The monoisotopic (exact) mass is 307 g/mol. The molecule has 0 amide bonds. The molecule has 0 bridgehead atoms. The summed E-state index contributed by atoms with van der Waals surface area (Å²) < 4.78 is 27.2. The van der Waals surface area contributed by atoms with Crippen LogP contribution in [-0.4, -0.2) is 8.42 Å². The van der Waals surface area contributed by atoms with E-state index in [4.69, 9.17) is 11.6 Å². The predicted octanol–water partition coefficient (Wildman–Crippen LogP) is 3.68. The normalized spacial score (nSPS) is 12.2. The van der Waals surface area contributed by atoms with E-state index in [1.807, 2.05) is 30.3 Å². The van der Waals surface area contributed by atoms with E-state index in [1.54, 1.807) is 25.1 Å². The van der Waals surface area contributed by atoms with Crippen LogP contribution in [0.15, 0.2) is 65.6 Å². The molecule has 2 aromatic rings. The van der Waals surface area contributed by atoms with Gasteiger partial charge in [-0.1, -0.05) is 48.0 Å². The van der Waals surface area contributed by atoms with Crippen LogP contribution in [0.5, 0.6) is 0 Å². The van der Waals surface area contributed by atoms with Crippen molar-refractivity contribution < 1.29 is 8.42 Å². The molecule has 0 saturated carbocycles. The Balaban J connectivity index is 2.30. The first kappa shape index (κ1) is 14.6. The molecule has 0 unspecified atom stereocenters. The highest BCUT2D eigenvalue weighted by atomic mass is 35.5. The van der Waals surface area contributed by atoms with Crippen LogP contribution in [0.1, 0.15) is 12.5 Å². The zero-order valence-corrected chi connectivity index (χ0v) is 12.4. The van der Waals surface area contributed by atoms with Crippen LogP contribution in [0, 0.1) is 0 Å². The second kappa shape index (κ2) is 6.11. The van der Waals surface area contributed by atoms with E-state index in [9.17, 15) is 8.42 Å². The molecule has 3 nitrogen and oxygen atoms in total. The first-order valence-corrected chi connectivity index (χ1v) is 7.89. The van der Waals surface area contributed by atoms with Gasteiger partial charge in [0.1, 0.15) is 0 Å². The van der Waals surface area contributed by atoms with Crippen molar-refractivity contribution in [1.82, 2.24) is 4.72 Å². The third-order valence-corrected chi connectivity index (χ3v) is 4.38. The van der Waals surface area contributed by atoms with Crippen LogP contribution in [0.25, 0.3) is 5.70 Å². The first-order chi connectivity index (χ1) is 9.53. The molecule has 0 heterocycles. The lowest BCUT2D eigenvalue weighted by Gasteiger charge is -2.12. The van der Waals surface area contributed by atoms with Crippen molar-refractivity contribution >= 4 is 27.3 Å². The maximum Gasteiger partial charge on any atom is 0.261 e. The summed E-state index contributed by atoms with van der Waals surface area (Å²) in [6.07, 6.45) is 1.73. The Morgan fingerprint density at radius 2 is 1.65 bits per heavy atom. The van der Waals surface area contributed by atoms with Gasteiger partial charge < -0.3 is 0 Å². The van der Waals surface area contributed by atoms with Gasteiger partial charge in [0.25, 0.3) is 10.0 Å². The van der Waals surface area contributed by atoms with Crippen LogP contribution < -0.4 is 4.72 Å². The summed E-state index contributed by atoms with van der Waals surface area (Å²) in [7, 11) is -3.61. The lowest BCUT2D eigenvalue weighted by molar-refractivity contribution is 0.591. The second-order valence-electron chi connectivity index (χ2n) is 4.13. The lowest BCUT2D eigenvalue weighted by Crippen LogP contribution is -2.22. The highest BCUT2D eigenvalue weighted by Gasteiger charge is 2.15. The fourth-order valence-electron chi connectivity index (χ4n) is 1.72. The van der Waals surface area contributed by atoms with Crippen LogP contribution >= 0.6 is 11.6 Å². The standard InChI is InChI=1S/C15H14ClNO2S/c1-2-15(12-6-4-3-5-7-12)17-20(18,19)14-10-8-13(16)9-11-14/h2-11,17H,1H3/b15-2+. The third kappa shape index (κ3) is 3.40. The van der Waals surface area contributed by atoms with Gasteiger partial charge in [-0.15, -0.1) is 0 Å². The van der Waals surface area contributed by atoms with E-state index in [1.165, 1.54) is 12.1 Å². The van der Waals surface area contributed by atoms with Crippen LogP contribution in [0.3, 0.4) is 0 Å². The molecule has 0 aromatic heterocycles. The minimum Gasteiger partial charge on any atom is -0.279 e. The maximum absolute atomic E-state index is 12.3. The first-order valence-electron chi connectivity index (χ1n) is 6.03. The quantitative estimate of drug-likeness (QED) is 0.936. The molecule has 1 N–H and O–H groups in total. The SMILES string of the molecule is C/C=C(/NS(=O)(=O)c1ccc(Cl)cc1)c1ccccc1. The van der Waals surface area contributed by atoms with Crippen molar-refractivity contribution in [3.8, 4) is 0 Å². The van der Waals surface area contributed by atoms with Gasteiger partial charge >= 0.3 is 0 Å². The average molecular weight is 308 g/mol. The van der Waals surface area contributed by atoms with Crippen molar-refractivity contribution in [2.45, 2.75) is 11.8 Å². The summed E-state index contributed by atoms with van der Waals surface area (Å²) >= 11 is 5.76. The molecule has 0 fully saturated rings. The zero-order valence-electron chi connectivity index (χ0n) is 10.9. The highest BCUT2D eigenvalue weighted by molar-refractivity contribution is 7.89. The van der Waals surface area contributed by atoms with Crippen molar-refractivity contribution in [2.24, 2.45) is 0 Å². The zero-order chi connectivity index (χ0) is 14.6. The number of sulfonamides is 1. The summed E-state index contributed by atoms with van der Waals surface area (Å²) in [5, 5.41) is 0.498. The summed E-state index contributed by atoms with van der Waals surface area (Å²) in [5.41, 5.74) is 1.35. The molecule has 104 valence electrons. The number of allylic oxidation sites excluding steroid dienone is 1. The molecule has 2 rings (SSSR count). The summed E-state index contributed by atoms with van der Waals surface area (Å²) in [6.45, 7) is 1.78. The van der Waals surface area contributed by atoms with E-state index in [0.717, 1.165) is 5.56 Å². The van der Waals surface area contributed by atoms with Gasteiger partial charge in [-0.25, -0.2) is 8.42 Å². The molecule has 5 heteroatoms. The Hall–Kier alpha value is -1.78. The van der Waals surface area contributed by atoms with Crippen molar-refractivity contribution in [3.05, 3.63) is 71.3 Å². The number of benzene rings is 2. The fourth-order valence-corrected chi connectivity index (χ4v) is 2.98. The molecular weight excluding hydrogens is 294 g/mol. The van der Waals surface area contributed by atoms with Gasteiger partial charge in [-0.3, -0.25) is 4.72 Å². The number of nitrogens with one attached hydrogen (secondary N) is 1. The van der Waals surface area contributed by atoms with Gasteiger partial charge in [0, 0.05) is 5.02 Å². The molecule has 0 aliphatic rings. The largest absolute Gasteiger partial charge is 0.279 e. The van der Waals surface area contributed by atoms with Gasteiger partial charge in [0.2, 0.25) is 0 Å². The van der Waals surface area contributed by atoms with Gasteiger partial charge in [-0.2, -0.15) is 0 Å². The summed E-state index contributed by atoms with van der Waals surface area (Å²) in [5.74, 6) is 0. The number of hydrogen-bond donors (Lipinski definition) is 1. The Bertz CT molecular complexity index is 707. The third-order valence-electron chi connectivity index (χ3n) is 2.74. The summed E-state index contributed by atoms with van der Waals surface area (Å²) in [6, 6.07) is 15.3. The van der Waals surface area contributed by atoms with Crippen LogP contribution in [0.2, 0.25) is 5.02 Å². The summed E-state index contributed by atoms with van der Waals surface area (Å²) in [4.78, 5) is 0.178. The lowest BCUT2D eigenvalue weighted by atomic mass is 10.2. The molecule has 0 radical (unpaired) electrons. The molecule has 0 saturated heterocycles. The van der Waals surface area contributed by atoms with Crippen molar-refractivity contribution in [2.75, 3.05) is 0 Å². The smallest absolute Gasteiger partial charge is 0.261 e. The predicted molar refractivity (Wildman–Crippen MR) is 81.9 cm³/mol. The van der Waals surface area contributed by atoms with E-state index in [-0.39, 0.29) is 4.90 Å². The highest BCUT2D eigenvalue weighted by Crippen LogP contribution is 2.18. The Morgan fingerprint density at radius 3 is 2.20 bits per heavy atom. The minimum absolute atomic E-state index is 0.178. The van der Waals surface area contributed by atoms with E-state index in [2.05, 4.69) is 4.72 Å².